The Balaban J connectivity index is 1.90. The highest BCUT2D eigenvalue weighted by molar-refractivity contribution is 7.99. The molecule has 0 spiro atoms. The maximum atomic E-state index is 6.24. The fourth-order valence-corrected chi connectivity index (χ4v) is 4.35. The van der Waals surface area contributed by atoms with Crippen molar-refractivity contribution in [2.75, 3.05) is 31.1 Å². The fourth-order valence-electron chi connectivity index (χ4n) is 3.45. The molecule has 0 aromatic heterocycles. The Morgan fingerprint density at radius 1 is 1.33 bits per heavy atom. The summed E-state index contributed by atoms with van der Waals surface area (Å²) in [6.45, 7) is 7.25. The van der Waals surface area contributed by atoms with E-state index in [1.54, 1.807) is 0 Å². The van der Waals surface area contributed by atoms with Crippen molar-refractivity contribution in [3.63, 3.8) is 0 Å². The molecule has 1 unspecified atom stereocenters. The molecule has 1 aromatic carbocycles. The molecule has 1 atom stereocenters. The summed E-state index contributed by atoms with van der Waals surface area (Å²) in [6, 6.07) is 6.84. The highest BCUT2D eigenvalue weighted by Gasteiger charge is 2.34. The summed E-state index contributed by atoms with van der Waals surface area (Å²) in [5.74, 6) is 3.57. The quantitative estimate of drug-likeness (QED) is 0.932. The number of hydrogen-bond donors (Lipinski definition) is 1. The van der Waals surface area contributed by atoms with Crippen LogP contribution in [0.2, 0.25) is 0 Å². The lowest BCUT2D eigenvalue weighted by molar-refractivity contribution is 0.132. The second kappa shape index (κ2) is 6.19. The van der Waals surface area contributed by atoms with Gasteiger partial charge in [-0.3, -0.25) is 4.90 Å². The van der Waals surface area contributed by atoms with Crippen molar-refractivity contribution in [1.82, 2.24) is 4.90 Å². The molecule has 0 amide bonds. The van der Waals surface area contributed by atoms with Gasteiger partial charge in [-0.15, -0.1) is 0 Å². The third-order valence-electron chi connectivity index (χ3n) is 4.40. The molecule has 1 fully saturated rings. The molecule has 1 aromatic rings. The topological polar surface area (TPSA) is 38.5 Å². The number of ether oxygens (including phenoxy) is 1. The number of benzene rings is 1. The van der Waals surface area contributed by atoms with Gasteiger partial charge >= 0.3 is 0 Å². The maximum Gasteiger partial charge on any atom is 0.128 e. The molecule has 116 valence electrons. The van der Waals surface area contributed by atoms with Crippen molar-refractivity contribution < 1.29 is 4.74 Å². The van der Waals surface area contributed by atoms with Crippen LogP contribution in [0.4, 0.5) is 0 Å². The van der Waals surface area contributed by atoms with Gasteiger partial charge in [-0.1, -0.05) is 18.2 Å². The van der Waals surface area contributed by atoms with E-state index in [1.807, 2.05) is 0 Å². The first-order valence-corrected chi connectivity index (χ1v) is 9.09. The van der Waals surface area contributed by atoms with Crippen LogP contribution in [0.15, 0.2) is 18.2 Å². The monoisotopic (exact) mass is 306 g/mol. The van der Waals surface area contributed by atoms with E-state index in [2.05, 4.69) is 48.7 Å². The second-order valence-electron chi connectivity index (χ2n) is 6.63. The Morgan fingerprint density at radius 3 is 3.00 bits per heavy atom. The molecule has 0 radical (unpaired) electrons. The molecule has 3 nitrogen and oxygen atoms in total. The van der Waals surface area contributed by atoms with Crippen molar-refractivity contribution in [2.45, 2.75) is 38.3 Å². The second-order valence-corrected chi connectivity index (χ2v) is 7.85. The van der Waals surface area contributed by atoms with E-state index in [0.29, 0.717) is 6.54 Å². The van der Waals surface area contributed by atoms with Crippen LogP contribution in [0.25, 0.3) is 0 Å². The predicted octanol–water partition coefficient (Wildman–Crippen LogP) is 2.84. The average molecular weight is 306 g/mol. The minimum atomic E-state index is -0.0910. The third-order valence-corrected chi connectivity index (χ3v) is 5.45. The van der Waals surface area contributed by atoms with Crippen molar-refractivity contribution in [3.8, 4) is 5.75 Å². The molecular formula is C17H26N2OS. The summed E-state index contributed by atoms with van der Waals surface area (Å²) in [7, 11) is 0. The van der Waals surface area contributed by atoms with E-state index in [1.165, 1.54) is 29.1 Å². The van der Waals surface area contributed by atoms with E-state index in [4.69, 9.17) is 10.5 Å². The number of thioether (sulfide) groups is 1. The van der Waals surface area contributed by atoms with Crippen molar-refractivity contribution in [3.05, 3.63) is 29.3 Å². The van der Waals surface area contributed by atoms with Crippen LogP contribution in [0, 0.1) is 0 Å². The molecular weight excluding hydrogens is 280 g/mol. The van der Waals surface area contributed by atoms with Crippen LogP contribution in [-0.4, -0.2) is 41.6 Å². The van der Waals surface area contributed by atoms with Gasteiger partial charge in [0.15, 0.2) is 0 Å². The van der Waals surface area contributed by atoms with Crippen molar-refractivity contribution in [1.29, 1.82) is 0 Å². The zero-order valence-corrected chi connectivity index (χ0v) is 13.9. The Hall–Kier alpha value is -0.710. The van der Waals surface area contributed by atoms with Gasteiger partial charge < -0.3 is 10.5 Å². The van der Waals surface area contributed by atoms with Gasteiger partial charge in [-0.05, 0) is 38.1 Å². The summed E-state index contributed by atoms with van der Waals surface area (Å²) in [4.78, 5) is 2.55. The zero-order valence-electron chi connectivity index (χ0n) is 13.1. The normalized spacial score (nSPS) is 23.2. The Bertz CT molecular complexity index is 496. The van der Waals surface area contributed by atoms with E-state index in [0.717, 1.165) is 25.3 Å². The lowest BCUT2D eigenvalue weighted by atomic mass is 9.97. The first kappa shape index (κ1) is 15.2. The van der Waals surface area contributed by atoms with Crippen LogP contribution in [0.3, 0.4) is 0 Å². The highest BCUT2D eigenvalue weighted by atomic mass is 32.2. The number of rotatable bonds is 3. The molecule has 2 aliphatic rings. The smallest absolute Gasteiger partial charge is 0.128 e. The summed E-state index contributed by atoms with van der Waals surface area (Å²) in [6.07, 6.45) is 2.24. The highest BCUT2D eigenvalue weighted by Crippen LogP contribution is 2.41. The standard InChI is InChI=1S/C17H26N2OS/c1-17(2)11-13-5-3-6-14(16(13)20-17)15(12-18)19-7-4-9-21-10-8-19/h3,5-6,15H,4,7-12,18H2,1-2H3. The first-order valence-electron chi connectivity index (χ1n) is 7.93. The average Bonchev–Trinajstić information content (AvgIpc) is 2.63. The number of nitrogens with two attached hydrogens (primary N) is 1. The first-order chi connectivity index (χ1) is 10.1. The summed E-state index contributed by atoms with van der Waals surface area (Å²) in [5, 5.41) is 0. The molecule has 0 bridgehead atoms. The van der Waals surface area contributed by atoms with Crippen LogP contribution < -0.4 is 10.5 Å². The van der Waals surface area contributed by atoms with Gasteiger partial charge in [0.1, 0.15) is 11.4 Å². The van der Waals surface area contributed by atoms with Crippen molar-refractivity contribution >= 4 is 11.8 Å². The van der Waals surface area contributed by atoms with Crippen LogP contribution in [0.5, 0.6) is 5.75 Å². The van der Waals surface area contributed by atoms with Gasteiger partial charge in [0.05, 0.1) is 6.04 Å². The van der Waals surface area contributed by atoms with E-state index < -0.39 is 0 Å². The Kier molecular flexibility index (Phi) is 4.48. The summed E-state index contributed by atoms with van der Waals surface area (Å²) < 4.78 is 6.24. The van der Waals surface area contributed by atoms with E-state index in [-0.39, 0.29) is 11.6 Å². The molecule has 21 heavy (non-hydrogen) atoms. The minimum Gasteiger partial charge on any atom is -0.487 e. The van der Waals surface area contributed by atoms with E-state index in [9.17, 15) is 0 Å². The molecule has 1 saturated heterocycles. The lowest BCUT2D eigenvalue weighted by Gasteiger charge is -2.31. The summed E-state index contributed by atoms with van der Waals surface area (Å²) >= 11 is 2.05. The number of nitrogens with zero attached hydrogens (tertiary/aromatic N) is 1. The Labute approximate surface area is 132 Å². The van der Waals surface area contributed by atoms with Crippen molar-refractivity contribution in [2.24, 2.45) is 5.73 Å². The van der Waals surface area contributed by atoms with Crippen LogP contribution >= 0.6 is 11.8 Å². The van der Waals surface area contributed by atoms with Gasteiger partial charge in [0.25, 0.3) is 0 Å². The predicted molar refractivity (Wildman–Crippen MR) is 90.2 cm³/mol. The summed E-state index contributed by atoms with van der Waals surface area (Å²) in [5.41, 5.74) is 8.67. The largest absolute Gasteiger partial charge is 0.487 e. The lowest BCUT2D eigenvalue weighted by Crippen LogP contribution is -2.35. The number of fused-ring (bicyclic) bond motifs is 1. The molecule has 2 heterocycles. The SMILES string of the molecule is CC1(C)Cc2cccc(C(CN)N3CCCSCC3)c2O1. The molecule has 3 rings (SSSR count). The maximum absolute atomic E-state index is 6.24. The number of hydrogen-bond acceptors (Lipinski definition) is 4. The minimum absolute atomic E-state index is 0.0910. The molecule has 0 aliphatic carbocycles. The number of para-hydroxylation sites is 1. The molecule has 2 aliphatic heterocycles. The van der Waals surface area contributed by atoms with Gasteiger partial charge in [0, 0.05) is 30.8 Å². The van der Waals surface area contributed by atoms with E-state index >= 15 is 0 Å². The molecule has 4 heteroatoms. The zero-order chi connectivity index (χ0) is 14.9. The van der Waals surface area contributed by atoms with Gasteiger partial charge in [0.2, 0.25) is 0 Å². The van der Waals surface area contributed by atoms with Crippen LogP contribution in [0.1, 0.15) is 37.4 Å². The molecule has 0 saturated carbocycles. The van der Waals surface area contributed by atoms with Gasteiger partial charge in [-0.25, -0.2) is 0 Å². The molecule has 2 N–H and O–H groups in total. The third kappa shape index (κ3) is 3.22. The fraction of sp³-hybridized carbons (Fsp3) is 0.647. The Morgan fingerprint density at radius 2 is 2.19 bits per heavy atom. The van der Waals surface area contributed by atoms with Crippen LogP contribution in [-0.2, 0) is 6.42 Å². The van der Waals surface area contributed by atoms with Gasteiger partial charge in [-0.2, -0.15) is 11.8 Å².